The Labute approximate surface area is 109 Å². The van der Waals surface area contributed by atoms with Gasteiger partial charge in [-0.3, -0.25) is 4.79 Å². The van der Waals surface area contributed by atoms with E-state index in [1.54, 1.807) is 11.8 Å². The first-order chi connectivity index (χ1) is 8.17. The molecule has 1 fully saturated rings. The Bertz CT molecular complexity index is 234. The number of carbonyl (C=O) groups excluding carboxylic acids is 1. The summed E-state index contributed by atoms with van der Waals surface area (Å²) in [5.74, 6) is 1.89. The molecule has 1 saturated heterocycles. The minimum atomic E-state index is 0.194. The fraction of sp³-hybridized carbons (Fsp3) is 0.917. The Balaban J connectivity index is 2.08. The molecule has 1 aliphatic heterocycles. The van der Waals surface area contributed by atoms with E-state index in [0.29, 0.717) is 5.75 Å². The monoisotopic (exact) mass is 259 g/mol. The van der Waals surface area contributed by atoms with E-state index in [-0.39, 0.29) is 11.9 Å². The average Bonchev–Trinajstić information content (AvgIpc) is 2.76. The standard InChI is InChI=1S/C12H25N3OS/c1-3-14(4-2)7-8-17-10-12(16)15-6-5-11(13)9-15/h11H,3-10,13H2,1-2H3/t11-/m1/s1. The molecule has 5 heteroatoms. The Morgan fingerprint density at radius 3 is 2.71 bits per heavy atom. The van der Waals surface area contributed by atoms with Crippen molar-refractivity contribution in [2.75, 3.05) is 44.2 Å². The van der Waals surface area contributed by atoms with Crippen LogP contribution in [-0.2, 0) is 4.79 Å². The lowest BCUT2D eigenvalue weighted by molar-refractivity contribution is -0.127. The molecule has 0 aromatic carbocycles. The van der Waals surface area contributed by atoms with E-state index in [1.807, 2.05) is 4.90 Å². The number of nitrogens with zero attached hydrogens (tertiary/aromatic N) is 2. The van der Waals surface area contributed by atoms with Crippen molar-refractivity contribution in [3.05, 3.63) is 0 Å². The molecular weight excluding hydrogens is 234 g/mol. The fourth-order valence-corrected chi connectivity index (χ4v) is 2.89. The van der Waals surface area contributed by atoms with Gasteiger partial charge in [0.1, 0.15) is 0 Å². The molecule has 100 valence electrons. The zero-order valence-corrected chi connectivity index (χ0v) is 11.8. The Morgan fingerprint density at radius 2 is 2.18 bits per heavy atom. The second-order valence-corrected chi connectivity index (χ2v) is 5.57. The number of nitrogens with two attached hydrogens (primary N) is 1. The predicted octanol–water partition coefficient (Wildman–Crippen LogP) is 0.621. The molecular formula is C12H25N3OS. The lowest BCUT2D eigenvalue weighted by Crippen LogP contribution is -2.33. The van der Waals surface area contributed by atoms with Crippen molar-refractivity contribution < 1.29 is 4.79 Å². The van der Waals surface area contributed by atoms with Gasteiger partial charge in [0.15, 0.2) is 0 Å². The quantitative estimate of drug-likeness (QED) is 0.681. The first-order valence-electron chi connectivity index (χ1n) is 6.50. The Kier molecular flexibility index (Phi) is 6.92. The van der Waals surface area contributed by atoms with Gasteiger partial charge >= 0.3 is 0 Å². The van der Waals surface area contributed by atoms with Crippen molar-refractivity contribution >= 4 is 17.7 Å². The first kappa shape index (κ1) is 14.8. The third-order valence-corrected chi connectivity index (χ3v) is 4.17. The van der Waals surface area contributed by atoms with Crippen LogP contribution in [-0.4, -0.2) is 66.0 Å². The van der Waals surface area contributed by atoms with Crippen molar-refractivity contribution in [2.24, 2.45) is 5.73 Å². The lowest BCUT2D eigenvalue weighted by atomic mass is 10.3. The van der Waals surface area contributed by atoms with Gasteiger partial charge in [-0.05, 0) is 19.5 Å². The molecule has 1 rings (SSSR count). The van der Waals surface area contributed by atoms with Gasteiger partial charge < -0.3 is 15.5 Å². The summed E-state index contributed by atoms with van der Waals surface area (Å²) in [4.78, 5) is 16.1. The lowest BCUT2D eigenvalue weighted by Gasteiger charge is -2.18. The van der Waals surface area contributed by atoms with Crippen LogP contribution in [0.15, 0.2) is 0 Å². The topological polar surface area (TPSA) is 49.6 Å². The minimum absolute atomic E-state index is 0.194. The van der Waals surface area contributed by atoms with Crippen molar-refractivity contribution in [2.45, 2.75) is 26.3 Å². The van der Waals surface area contributed by atoms with Crippen LogP contribution in [0.5, 0.6) is 0 Å². The van der Waals surface area contributed by atoms with Crippen LogP contribution in [0.1, 0.15) is 20.3 Å². The van der Waals surface area contributed by atoms with Crippen LogP contribution in [0.25, 0.3) is 0 Å². The number of thioether (sulfide) groups is 1. The number of hydrogen-bond acceptors (Lipinski definition) is 4. The van der Waals surface area contributed by atoms with Crippen molar-refractivity contribution in [1.82, 2.24) is 9.80 Å². The van der Waals surface area contributed by atoms with E-state index < -0.39 is 0 Å². The third kappa shape index (κ3) is 5.27. The van der Waals surface area contributed by atoms with Gasteiger partial charge in [0.2, 0.25) is 5.91 Å². The van der Waals surface area contributed by atoms with Crippen LogP contribution in [0.4, 0.5) is 0 Å². The molecule has 0 spiro atoms. The van der Waals surface area contributed by atoms with Gasteiger partial charge in [-0.15, -0.1) is 0 Å². The van der Waals surface area contributed by atoms with E-state index in [4.69, 9.17) is 5.73 Å². The Hall–Kier alpha value is -0.260. The molecule has 1 atom stereocenters. The maximum atomic E-state index is 11.8. The average molecular weight is 259 g/mol. The maximum absolute atomic E-state index is 11.8. The molecule has 0 bridgehead atoms. The third-order valence-electron chi connectivity index (χ3n) is 3.25. The molecule has 0 unspecified atom stereocenters. The summed E-state index contributed by atoms with van der Waals surface area (Å²) >= 11 is 1.73. The van der Waals surface area contributed by atoms with Gasteiger partial charge in [0.25, 0.3) is 0 Å². The fourth-order valence-electron chi connectivity index (χ4n) is 2.00. The number of rotatable bonds is 7. The van der Waals surface area contributed by atoms with Gasteiger partial charge in [-0.2, -0.15) is 11.8 Å². The Morgan fingerprint density at radius 1 is 1.47 bits per heavy atom. The summed E-state index contributed by atoms with van der Waals surface area (Å²) in [6, 6.07) is 0.194. The number of carbonyl (C=O) groups is 1. The first-order valence-corrected chi connectivity index (χ1v) is 7.66. The highest BCUT2D eigenvalue weighted by Crippen LogP contribution is 2.10. The summed E-state index contributed by atoms with van der Waals surface area (Å²) in [6.45, 7) is 9.18. The molecule has 0 saturated carbocycles. The molecule has 2 N–H and O–H groups in total. The zero-order chi connectivity index (χ0) is 12.7. The molecule has 4 nitrogen and oxygen atoms in total. The van der Waals surface area contributed by atoms with Gasteiger partial charge in [-0.25, -0.2) is 0 Å². The maximum Gasteiger partial charge on any atom is 0.232 e. The number of likely N-dealkylation sites (tertiary alicyclic amines) is 1. The molecule has 0 aromatic heterocycles. The van der Waals surface area contributed by atoms with E-state index in [1.165, 1.54) is 0 Å². The van der Waals surface area contributed by atoms with E-state index in [9.17, 15) is 4.79 Å². The second-order valence-electron chi connectivity index (χ2n) is 4.47. The molecule has 1 aliphatic rings. The van der Waals surface area contributed by atoms with Crippen LogP contribution >= 0.6 is 11.8 Å². The van der Waals surface area contributed by atoms with Crippen LogP contribution < -0.4 is 5.73 Å². The summed E-state index contributed by atoms with van der Waals surface area (Å²) in [5.41, 5.74) is 5.79. The molecule has 0 aromatic rings. The normalized spacial score (nSPS) is 20.2. The van der Waals surface area contributed by atoms with E-state index >= 15 is 0 Å². The van der Waals surface area contributed by atoms with Crippen LogP contribution in [0, 0.1) is 0 Å². The second kappa shape index (κ2) is 7.95. The summed E-state index contributed by atoms with van der Waals surface area (Å²) in [6.07, 6.45) is 0.954. The molecule has 0 radical (unpaired) electrons. The largest absolute Gasteiger partial charge is 0.340 e. The van der Waals surface area contributed by atoms with Gasteiger partial charge in [0, 0.05) is 31.4 Å². The van der Waals surface area contributed by atoms with Crippen molar-refractivity contribution in [3.63, 3.8) is 0 Å². The van der Waals surface area contributed by atoms with Crippen molar-refractivity contribution in [3.8, 4) is 0 Å². The molecule has 1 amide bonds. The summed E-state index contributed by atoms with van der Waals surface area (Å²) in [5, 5.41) is 0. The predicted molar refractivity (Wildman–Crippen MR) is 74.3 cm³/mol. The smallest absolute Gasteiger partial charge is 0.232 e. The van der Waals surface area contributed by atoms with Gasteiger partial charge in [-0.1, -0.05) is 13.8 Å². The van der Waals surface area contributed by atoms with Crippen LogP contribution in [0.2, 0.25) is 0 Å². The van der Waals surface area contributed by atoms with Crippen LogP contribution in [0.3, 0.4) is 0 Å². The van der Waals surface area contributed by atoms with Gasteiger partial charge in [0.05, 0.1) is 5.75 Å². The van der Waals surface area contributed by atoms with Crippen molar-refractivity contribution in [1.29, 1.82) is 0 Å². The SMILES string of the molecule is CCN(CC)CCSCC(=O)N1CC[C@@H](N)C1. The number of hydrogen-bond donors (Lipinski definition) is 1. The molecule has 0 aliphatic carbocycles. The highest BCUT2D eigenvalue weighted by atomic mass is 32.2. The summed E-state index contributed by atoms with van der Waals surface area (Å²) < 4.78 is 0. The van der Waals surface area contributed by atoms with E-state index in [0.717, 1.165) is 44.9 Å². The molecule has 17 heavy (non-hydrogen) atoms. The number of amides is 1. The van der Waals surface area contributed by atoms with E-state index in [2.05, 4.69) is 18.7 Å². The highest BCUT2D eigenvalue weighted by molar-refractivity contribution is 7.99. The summed E-state index contributed by atoms with van der Waals surface area (Å²) in [7, 11) is 0. The highest BCUT2D eigenvalue weighted by Gasteiger charge is 2.22. The molecule has 1 heterocycles. The minimum Gasteiger partial charge on any atom is -0.340 e. The zero-order valence-electron chi connectivity index (χ0n) is 11.0.